The molecule has 1 aliphatic carbocycles. The minimum absolute atomic E-state index is 0.313. The van der Waals surface area contributed by atoms with Crippen molar-refractivity contribution in [2.24, 2.45) is 5.92 Å². The highest BCUT2D eigenvalue weighted by atomic mass is 79.9. The van der Waals surface area contributed by atoms with E-state index in [0.717, 1.165) is 36.6 Å². The molecule has 3 rings (SSSR count). The van der Waals surface area contributed by atoms with Crippen molar-refractivity contribution >= 4 is 21.6 Å². The first kappa shape index (κ1) is 14.4. The van der Waals surface area contributed by atoms with Crippen molar-refractivity contribution in [1.82, 2.24) is 5.32 Å². The molecule has 0 bridgehead atoms. The Morgan fingerprint density at radius 1 is 1.30 bits per heavy atom. The Balaban J connectivity index is 1.71. The zero-order valence-electron chi connectivity index (χ0n) is 11.8. The number of nitrogens with one attached hydrogen (secondary N) is 1. The summed E-state index contributed by atoms with van der Waals surface area (Å²) in [6, 6.07) is 7.35. The zero-order valence-corrected chi connectivity index (χ0v) is 13.4. The number of hydrogen-bond donors (Lipinski definition) is 2. The molecule has 2 N–H and O–H groups in total. The molecule has 0 amide bonds. The number of halogens is 1. The highest BCUT2D eigenvalue weighted by Crippen LogP contribution is 2.31. The minimum atomic E-state index is 0.313. The molecule has 4 heteroatoms. The van der Waals surface area contributed by atoms with Crippen LogP contribution in [0.5, 0.6) is 0 Å². The Bertz CT molecular complexity index is 462. The van der Waals surface area contributed by atoms with E-state index in [1.54, 1.807) is 0 Å². The molecule has 1 aromatic rings. The van der Waals surface area contributed by atoms with Crippen molar-refractivity contribution in [2.75, 3.05) is 24.6 Å². The first-order valence-electron chi connectivity index (χ1n) is 7.64. The van der Waals surface area contributed by atoms with Crippen LogP contribution in [0.1, 0.15) is 31.2 Å². The fourth-order valence-electron chi connectivity index (χ4n) is 2.99. The van der Waals surface area contributed by atoms with E-state index in [1.807, 2.05) is 0 Å². The quantitative estimate of drug-likeness (QED) is 0.837. The van der Waals surface area contributed by atoms with Gasteiger partial charge in [-0.3, -0.25) is 0 Å². The molecular formula is C16H23BrN2O. The van der Waals surface area contributed by atoms with Gasteiger partial charge in [0.1, 0.15) is 0 Å². The smallest absolute Gasteiger partial charge is 0.0434 e. The van der Waals surface area contributed by atoms with Crippen LogP contribution in [-0.4, -0.2) is 30.8 Å². The van der Waals surface area contributed by atoms with Gasteiger partial charge in [-0.1, -0.05) is 22.0 Å². The topological polar surface area (TPSA) is 35.5 Å². The summed E-state index contributed by atoms with van der Waals surface area (Å²) in [5.74, 6) is 0.642. The Morgan fingerprint density at radius 3 is 2.90 bits per heavy atom. The predicted molar refractivity (Wildman–Crippen MR) is 86.0 cm³/mol. The van der Waals surface area contributed by atoms with Crippen LogP contribution in [0.3, 0.4) is 0 Å². The van der Waals surface area contributed by atoms with Crippen molar-refractivity contribution in [2.45, 2.75) is 38.3 Å². The van der Waals surface area contributed by atoms with Gasteiger partial charge in [-0.25, -0.2) is 0 Å². The van der Waals surface area contributed by atoms with Crippen LogP contribution < -0.4 is 10.2 Å². The molecule has 0 aromatic heterocycles. The summed E-state index contributed by atoms with van der Waals surface area (Å²) in [4.78, 5) is 2.48. The number of aliphatic hydroxyl groups is 1. The summed E-state index contributed by atoms with van der Waals surface area (Å²) in [6.45, 7) is 3.46. The number of rotatable bonds is 6. The fraction of sp³-hybridized carbons (Fsp3) is 0.625. The summed E-state index contributed by atoms with van der Waals surface area (Å²) in [7, 11) is 0. The van der Waals surface area contributed by atoms with E-state index in [1.165, 1.54) is 30.5 Å². The fourth-order valence-corrected chi connectivity index (χ4v) is 3.34. The van der Waals surface area contributed by atoms with E-state index in [0.29, 0.717) is 12.5 Å². The molecule has 110 valence electrons. The summed E-state index contributed by atoms with van der Waals surface area (Å²) < 4.78 is 1.15. The molecule has 1 unspecified atom stereocenters. The van der Waals surface area contributed by atoms with Gasteiger partial charge in [0, 0.05) is 42.4 Å². The lowest BCUT2D eigenvalue weighted by Crippen LogP contribution is -2.23. The van der Waals surface area contributed by atoms with Gasteiger partial charge in [-0.15, -0.1) is 0 Å². The summed E-state index contributed by atoms with van der Waals surface area (Å²) in [6.07, 6.45) is 4.78. The largest absolute Gasteiger partial charge is 0.396 e. The lowest BCUT2D eigenvalue weighted by atomic mass is 10.1. The van der Waals surface area contributed by atoms with Crippen LogP contribution in [0, 0.1) is 5.92 Å². The Morgan fingerprint density at radius 2 is 2.15 bits per heavy atom. The molecule has 1 aliphatic heterocycles. The summed E-state index contributed by atoms with van der Waals surface area (Å²) >= 11 is 3.59. The predicted octanol–water partition coefficient (Wildman–Crippen LogP) is 2.91. The third-order valence-corrected chi connectivity index (χ3v) is 4.86. The van der Waals surface area contributed by atoms with Gasteiger partial charge in [0.15, 0.2) is 0 Å². The first-order chi connectivity index (χ1) is 9.76. The number of anilines is 1. The molecule has 0 radical (unpaired) electrons. The van der Waals surface area contributed by atoms with Crippen molar-refractivity contribution in [3.63, 3.8) is 0 Å². The van der Waals surface area contributed by atoms with Gasteiger partial charge >= 0.3 is 0 Å². The van der Waals surface area contributed by atoms with Crippen LogP contribution >= 0.6 is 15.9 Å². The minimum Gasteiger partial charge on any atom is -0.396 e. The molecular weight excluding hydrogens is 316 g/mol. The SMILES string of the molecule is OCCC1CCN(c2cc(Br)ccc2CNC2CC2)C1. The lowest BCUT2D eigenvalue weighted by molar-refractivity contribution is 0.263. The number of aliphatic hydroxyl groups excluding tert-OH is 1. The first-order valence-corrected chi connectivity index (χ1v) is 8.43. The summed E-state index contributed by atoms with van der Waals surface area (Å²) in [5.41, 5.74) is 2.75. The van der Waals surface area contributed by atoms with Crippen LogP contribution in [0.25, 0.3) is 0 Å². The molecule has 1 atom stereocenters. The van der Waals surface area contributed by atoms with Crippen LogP contribution in [-0.2, 0) is 6.54 Å². The Kier molecular flexibility index (Phi) is 4.64. The maximum atomic E-state index is 9.10. The molecule has 0 spiro atoms. The Labute approximate surface area is 129 Å². The van der Waals surface area contributed by atoms with Crippen LogP contribution in [0.4, 0.5) is 5.69 Å². The third-order valence-electron chi connectivity index (χ3n) is 4.37. The second kappa shape index (κ2) is 6.46. The maximum absolute atomic E-state index is 9.10. The molecule has 1 saturated carbocycles. The number of nitrogens with zero attached hydrogens (tertiary/aromatic N) is 1. The highest BCUT2D eigenvalue weighted by molar-refractivity contribution is 9.10. The number of benzene rings is 1. The molecule has 1 saturated heterocycles. The average molecular weight is 339 g/mol. The van der Waals surface area contributed by atoms with Crippen molar-refractivity contribution < 1.29 is 5.11 Å². The van der Waals surface area contributed by atoms with Crippen molar-refractivity contribution in [1.29, 1.82) is 0 Å². The van der Waals surface area contributed by atoms with Crippen LogP contribution in [0.15, 0.2) is 22.7 Å². The second-order valence-corrected chi connectivity index (χ2v) is 6.96. The molecule has 2 fully saturated rings. The van der Waals surface area contributed by atoms with E-state index in [4.69, 9.17) is 5.11 Å². The molecule has 2 aliphatic rings. The van der Waals surface area contributed by atoms with E-state index in [2.05, 4.69) is 44.3 Å². The average Bonchev–Trinajstić information content (AvgIpc) is 3.16. The maximum Gasteiger partial charge on any atom is 0.0434 e. The van der Waals surface area contributed by atoms with Gasteiger partial charge in [0.25, 0.3) is 0 Å². The monoisotopic (exact) mass is 338 g/mol. The highest BCUT2D eigenvalue weighted by Gasteiger charge is 2.25. The van der Waals surface area contributed by atoms with E-state index < -0.39 is 0 Å². The van der Waals surface area contributed by atoms with Crippen LogP contribution in [0.2, 0.25) is 0 Å². The van der Waals surface area contributed by atoms with Gasteiger partial charge < -0.3 is 15.3 Å². The molecule has 3 nitrogen and oxygen atoms in total. The Hall–Kier alpha value is -0.580. The van der Waals surface area contributed by atoms with Crippen molar-refractivity contribution in [3.05, 3.63) is 28.2 Å². The summed E-state index contributed by atoms with van der Waals surface area (Å²) in [5, 5.41) is 12.7. The van der Waals surface area contributed by atoms with E-state index >= 15 is 0 Å². The van der Waals surface area contributed by atoms with Gasteiger partial charge in [0.05, 0.1) is 0 Å². The van der Waals surface area contributed by atoms with Gasteiger partial charge in [-0.05, 0) is 49.3 Å². The van der Waals surface area contributed by atoms with Gasteiger partial charge in [-0.2, -0.15) is 0 Å². The standard InChI is InChI=1S/C16H23BrN2O/c17-14-2-1-13(10-18-15-3-4-15)16(9-14)19-7-5-12(11-19)6-8-20/h1-2,9,12,15,18,20H,3-8,10-11H2. The zero-order chi connectivity index (χ0) is 13.9. The second-order valence-electron chi connectivity index (χ2n) is 6.04. The van der Waals surface area contributed by atoms with Gasteiger partial charge in [0.2, 0.25) is 0 Å². The van der Waals surface area contributed by atoms with E-state index in [9.17, 15) is 0 Å². The lowest BCUT2D eigenvalue weighted by Gasteiger charge is -2.23. The van der Waals surface area contributed by atoms with E-state index in [-0.39, 0.29) is 0 Å². The molecule has 1 heterocycles. The number of hydrogen-bond acceptors (Lipinski definition) is 3. The normalized spacial score (nSPS) is 22.5. The molecule has 1 aromatic carbocycles. The molecule has 20 heavy (non-hydrogen) atoms. The van der Waals surface area contributed by atoms with Crippen molar-refractivity contribution in [3.8, 4) is 0 Å². The third kappa shape index (κ3) is 3.54.